The molecule has 2 saturated carbocycles. The minimum Gasteiger partial charge on any atom is -0.368 e. The molecule has 1 aliphatic heterocycles. The summed E-state index contributed by atoms with van der Waals surface area (Å²) in [6.07, 6.45) is -1.96. The molecular formula is C30H33F6N5O3. The van der Waals surface area contributed by atoms with Crippen molar-refractivity contribution >= 4 is 23.5 Å². The molecule has 3 N–H and O–H groups in total. The summed E-state index contributed by atoms with van der Waals surface area (Å²) in [4.78, 5) is 46.2. The Labute approximate surface area is 250 Å². The van der Waals surface area contributed by atoms with E-state index in [1.165, 1.54) is 12.1 Å². The summed E-state index contributed by atoms with van der Waals surface area (Å²) < 4.78 is 86.6. The van der Waals surface area contributed by atoms with Gasteiger partial charge in [-0.2, -0.15) is 13.2 Å². The molecule has 3 aliphatic rings. The van der Waals surface area contributed by atoms with Gasteiger partial charge in [0.2, 0.25) is 17.7 Å². The van der Waals surface area contributed by atoms with Crippen LogP contribution in [0.15, 0.2) is 36.7 Å². The van der Waals surface area contributed by atoms with E-state index in [0.717, 1.165) is 30.1 Å². The number of nitrogens with zero attached hydrogens (tertiary/aromatic N) is 3. The highest BCUT2D eigenvalue weighted by Crippen LogP contribution is 2.43. The van der Waals surface area contributed by atoms with Gasteiger partial charge in [0, 0.05) is 43.4 Å². The maximum absolute atomic E-state index is 15.9. The topological polar surface area (TPSA) is 109 Å². The number of carbonyl (C=O) groups is 3. The normalized spacial score (nSPS) is 21.4. The zero-order chi connectivity index (χ0) is 31.8. The van der Waals surface area contributed by atoms with Crippen LogP contribution in [0.1, 0.15) is 86.4 Å². The summed E-state index contributed by atoms with van der Waals surface area (Å²) in [6, 6.07) is -0.610. The van der Waals surface area contributed by atoms with E-state index in [4.69, 9.17) is 5.73 Å². The van der Waals surface area contributed by atoms with Crippen LogP contribution < -0.4 is 16.0 Å². The highest BCUT2D eigenvalue weighted by molar-refractivity contribution is 6.02. The number of benzene rings is 1. The Bertz CT molecular complexity index is 1410. The molecule has 44 heavy (non-hydrogen) atoms. The zero-order valence-electron chi connectivity index (χ0n) is 23.8. The van der Waals surface area contributed by atoms with Gasteiger partial charge in [-0.3, -0.25) is 19.5 Å². The summed E-state index contributed by atoms with van der Waals surface area (Å²) in [5.74, 6) is -5.79. The van der Waals surface area contributed by atoms with Crippen LogP contribution in [0.3, 0.4) is 0 Å². The highest BCUT2D eigenvalue weighted by Gasteiger charge is 2.46. The summed E-state index contributed by atoms with van der Waals surface area (Å²) >= 11 is 0. The number of hydrogen-bond donors (Lipinski definition) is 2. The van der Waals surface area contributed by atoms with Crippen molar-refractivity contribution in [2.75, 3.05) is 11.4 Å². The number of hydrogen-bond acceptors (Lipinski definition) is 4. The van der Waals surface area contributed by atoms with E-state index in [1.807, 2.05) is 0 Å². The molecule has 3 fully saturated rings. The molecule has 2 atom stereocenters. The largest absolute Gasteiger partial charge is 0.416 e. The lowest BCUT2D eigenvalue weighted by molar-refractivity contribution is -0.138. The molecule has 1 saturated heterocycles. The molecule has 5 rings (SSSR count). The first kappa shape index (κ1) is 31.6. The van der Waals surface area contributed by atoms with Gasteiger partial charge < -0.3 is 16.0 Å². The third-order valence-electron chi connectivity index (χ3n) is 8.58. The summed E-state index contributed by atoms with van der Waals surface area (Å²) in [7, 11) is 0. The molecule has 1 aromatic carbocycles. The fourth-order valence-corrected chi connectivity index (χ4v) is 6.08. The van der Waals surface area contributed by atoms with Crippen molar-refractivity contribution < 1.29 is 40.7 Å². The molecule has 14 heteroatoms. The lowest BCUT2D eigenvalue weighted by Crippen LogP contribution is -2.58. The van der Waals surface area contributed by atoms with Crippen LogP contribution in [0.4, 0.5) is 36.8 Å². The van der Waals surface area contributed by atoms with Gasteiger partial charge in [0.15, 0.2) is 0 Å². The number of aromatic nitrogens is 1. The number of carbonyl (C=O) groups excluding carboxylic acids is 3. The number of halogens is 6. The standard InChI is InChI=1S/C30H33F6N5O3/c31-22-15-18(17-4-5-17)6-7-23(22)41(28(44)40-14-2-1-3-24(40)26(37)42)25(20-16-38-13-10-21(20)30(34,35)36)27(43)39-19-8-11-29(32,33)12-9-19/h6-7,10,13,15-17,19,24-25H,1-5,8-9,11-12,14H2,(H2,37,42)(H,39,43)/t24-,25?/m1/s1. The molecule has 2 aliphatic carbocycles. The van der Waals surface area contributed by atoms with E-state index in [-0.39, 0.29) is 31.7 Å². The minimum absolute atomic E-state index is 0.0179. The fraction of sp³-hybridized carbons (Fsp3) is 0.533. The van der Waals surface area contributed by atoms with Gasteiger partial charge in [0.05, 0.1) is 11.3 Å². The van der Waals surface area contributed by atoms with Crippen LogP contribution in [0.25, 0.3) is 0 Å². The average molecular weight is 626 g/mol. The van der Waals surface area contributed by atoms with Gasteiger partial charge in [-0.1, -0.05) is 6.07 Å². The summed E-state index contributed by atoms with van der Waals surface area (Å²) in [6.45, 7) is -0.0179. The third kappa shape index (κ3) is 6.78. The number of primary amides is 1. The van der Waals surface area contributed by atoms with E-state index in [2.05, 4.69) is 10.3 Å². The zero-order valence-corrected chi connectivity index (χ0v) is 23.8. The number of anilines is 1. The van der Waals surface area contributed by atoms with Gasteiger partial charge in [0.1, 0.15) is 17.9 Å². The molecule has 2 heterocycles. The van der Waals surface area contributed by atoms with Gasteiger partial charge in [-0.15, -0.1) is 0 Å². The second kappa shape index (κ2) is 12.3. The van der Waals surface area contributed by atoms with E-state index in [1.54, 1.807) is 6.07 Å². The van der Waals surface area contributed by atoms with E-state index < -0.39 is 83.5 Å². The first-order chi connectivity index (χ1) is 20.8. The minimum atomic E-state index is -5.01. The van der Waals surface area contributed by atoms with Crippen molar-refractivity contribution in [3.63, 3.8) is 0 Å². The third-order valence-corrected chi connectivity index (χ3v) is 8.58. The van der Waals surface area contributed by atoms with Crippen LogP contribution in [0.2, 0.25) is 0 Å². The van der Waals surface area contributed by atoms with Gasteiger partial charge in [0.25, 0.3) is 0 Å². The number of likely N-dealkylation sites (tertiary alicyclic amines) is 1. The molecule has 8 nitrogen and oxygen atoms in total. The van der Waals surface area contributed by atoms with Crippen LogP contribution >= 0.6 is 0 Å². The molecule has 0 radical (unpaired) electrons. The number of amides is 4. The molecule has 2 aromatic rings. The number of urea groups is 1. The SMILES string of the molecule is NC(=O)[C@H]1CCCCN1C(=O)N(c1ccc(C2CC2)cc1F)C(C(=O)NC1CCC(F)(F)CC1)c1cnccc1C(F)(F)F. The van der Waals surface area contributed by atoms with Gasteiger partial charge in [-0.05, 0) is 74.6 Å². The average Bonchev–Trinajstić information content (AvgIpc) is 3.82. The van der Waals surface area contributed by atoms with Crippen LogP contribution in [0.5, 0.6) is 0 Å². The van der Waals surface area contributed by atoms with Crippen molar-refractivity contribution in [2.24, 2.45) is 5.73 Å². The van der Waals surface area contributed by atoms with Crippen LogP contribution in [0, 0.1) is 5.82 Å². The van der Waals surface area contributed by atoms with E-state index in [9.17, 15) is 36.3 Å². The maximum atomic E-state index is 15.9. The number of alkyl halides is 5. The smallest absolute Gasteiger partial charge is 0.368 e. The number of nitrogens with one attached hydrogen (secondary N) is 1. The summed E-state index contributed by atoms with van der Waals surface area (Å²) in [5, 5.41) is 2.54. The Hall–Kier alpha value is -3.84. The Kier molecular flexibility index (Phi) is 8.81. The molecule has 238 valence electrons. The quantitative estimate of drug-likeness (QED) is 0.378. The maximum Gasteiger partial charge on any atom is 0.416 e. The van der Waals surface area contributed by atoms with Crippen molar-refractivity contribution in [3.05, 3.63) is 59.2 Å². The predicted octanol–water partition coefficient (Wildman–Crippen LogP) is 5.82. The Morgan fingerprint density at radius 1 is 1.05 bits per heavy atom. The predicted molar refractivity (Wildman–Crippen MR) is 147 cm³/mol. The Morgan fingerprint density at radius 2 is 1.75 bits per heavy atom. The van der Waals surface area contributed by atoms with Crippen LogP contribution in [-0.4, -0.2) is 52.3 Å². The molecule has 0 spiro atoms. The molecule has 1 aromatic heterocycles. The lowest BCUT2D eigenvalue weighted by Gasteiger charge is -2.41. The molecule has 4 amide bonds. The van der Waals surface area contributed by atoms with Gasteiger partial charge >= 0.3 is 12.2 Å². The second-order valence-corrected chi connectivity index (χ2v) is 11.7. The second-order valence-electron chi connectivity index (χ2n) is 11.7. The number of rotatable bonds is 7. The van der Waals surface area contributed by atoms with Crippen molar-refractivity contribution in [2.45, 2.75) is 93.9 Å². The van der Waals surface area contributed by atoms with Crippen molar-refractivity contribution in [1.29, 1.82) is 0 Å². The number of nitrogens with two attached hydrogens (primary N) is 1. The van der Waals surface area contributed by atoms with Crippen molar-refractivity contribution in [3.8, 4) is 0 Å². The molecule has 1 unspecified atom stereocenters. The first-order valence-electron chi connectivity index (χ1n) is 14.6. The Morgan fingerprint density at radius 3 is 2.36 bits per heavy atom. The van der Waals surface area contributed by atoms with Gasteiger partial charge in [-0.25, -0.2) is 18.0 Å². The highest BCUT2D eigenvalue weighted by atomic mass is 19.4. The number of piperidine rings is 1. The van der Waals surface area contributed by atoms with E-state index >= 15 is 4.39 Å². The van der Waals surface area contributed by atoms with Crippen LogP contribution in [-0.2, 0) is 15.8 Å². The molecular weight excluding hydrogens is 592 g/mol. The monoisotopic (exact) mass is 625 g/mol. The first-order valence-corrected chi connectivity index (χ1v) is 14.6. The number of pyridine rings is 1. The Balaban J connectivity index is 1.65. The lowest BCUT2D eigenvalue weighted by atomic mass is 9.91. The molecule has 0 bridgehead atoms. The van der Waals surface area contributed by atoms with Crippen molar-refractivity contribution in [1.82, 2.24) is 15.2 Å². The van der Waals surface area contributed by atoms with E-state index in [0.29, 0.717) is 29.4 Å². The summed E-state index contributed by atoms with van der Waals surface area (Å²) in [5.41, 5.74) is 3.68. The fourth-order valence-electron chi connectivity index (χ4n) is 6.08.